The molecule has 22 heavy (non-hydrogen) atoms. The second kappa shape index (κ2) is 8.22. The van der Waals surface area contributed by atoms with Crippen LogP contribution in [-0.4, -0.2) is 51.1 Å². The van der Waals surface area contributed by atoms with Crippen molar-refractivity contribution < 1.29 is 13.9 Å². The molecule has 0 bridgehead atoms. The quantitative estimate of drug-likeness (QED) is 0.780. The fraction of sp³-hybridized carbons (Fsp3) is 0.625. The first kappa shape index (κ1) is 17.6. The van der Waals surface area contributed by atoms with Gasteiger partial charge in [0.25, 0.3) is 0 Å². The number of nitrogens with zero attached hydrogens (tertiary/aromatic N) is 1. The molecule has 1 N–H and O–H groups in total. The molecule has 0 aliphatic carbocycles. The van der Waals surface area contributed by atoms with Gasteiger partial charge >= 0.3 is 0 Å². The van der Waals surface area contributed by atoms with E-state index in [1.165, 1.54) is 0 Å². The SMILES string of the molecule is CCN1CC[C@H](NCC(OC)OC)[C@H]1c1ccc(Cl)c(F)c1. The van der Waals surface area contributed by atoms with Crippen molar-refractivity contribution in [1.29, 1.82) is 0 Å². The number of methoxy groups -OCH3 is 2. The van der Waals surface area contributed by atoms with Crippen LogP contribution in [0.15, 0.2) is 18.2 Å². The van der Waals surface area contributed by atoms with E-state index in [0.29, 0.717) is 6.54 Å². The summed E-state index contributed by atoms with van der Waals surface area (Å²) in [4.78, 5) is 2.34. The van der Waals surface area contributed by atoms with Gasteiger partial charge in [-0.15, -0.1) is 0 Å². The summed E-state index contributed by atoms with van der Waals surface area (Å²) in [6, 6.07) is 5.44. The van der Waals surface area contributed by atoms with Crippen molar-refractivity contribution in [3.63, 3.8) is 0 Å². The third-order valence-electron chi connectivity index (χ3n) is 4.27. The van der Waals surface area contributed by atoms with E-state index in [0.717, 1.165) is 25.1 Å². The van der Waals surface area contributed by atoms with Crippen LogP contribution in [0.4, 0.5) is 4.39 Å². The van der Waals surface area contributed by atoms with Gasteiger partial charge in [0, 0.05) is 33.4 Å². The molecule has 0 aromatic heterocycles. The highest BCUT2D eigenvalue weighted by atomic mass is 35.5. The van der Waals surface area contributed by atoms with E-state index in [4.69, 9.17) is 21.1 Å². The molecule has 1 aliphatic rings. The van der Waals surface area contributed by atoms with Crippen LogP contribution in [0.25, 0.3) is 0 Å². The minimum Gasteiger partial charge on any atom is -0.355 e. The number of likely N-dealkylation sites (tertiary alicyclic amines) is 1. The Labute approximate surface area is 136 Å². The van der Waals surface area contributed by atoms with Crippen LogP contribution in [0.1, 0.15) is 24.9 Å². The Hall–Kier alpha value is -0.720. The first-order chi connectivity index (χ1) is 10.6. The molecular formula is C16H24ClFN2O2. The van der Waals surface area contributed by atoms with Crippen LogP contribution < -0.4 is 5.32 Å². The van der Waals surface area contributed by atoms with Gasteiger partial charge in [0.1, 0.15) is 5.82 Å². The second-order valence-corrected chi connectivity index (χ2v) is 5.86. The van der Waals surface area contributed by atoms with Crippen molar-refractivity contribution in [3.8, 4) is 0 Å². The van der Waals surface area contributed by atoms with E-state index < -0.39 is 0 Å². The summed E-state index contributed by atoms with van der Waals surface area (Å²) >= 11 is 5.80. The van der Waals surface area contributed by atoms with Crippen LogP contribution in [0.3, 0.4) is 0 Å². The Morgan fingerprint density at radius 2 is 2.14 bits per heavy atom. The van der Waals surface area contributed by atoms with Crippen LogP contribution in [-0.2, 0) is 9.47 Å². The predicted molar refractivity (Wildman–Crippen MR) is 85.6 cm³/mol. The molecule has 1 heterocycles. The number of ether oxygens (including phenoxy) is 2. The highest BCUT2D eigenvalue weighted by Crippen LogP contribution is 2.33. The molecule has 6 heteroatoms. The molecule has 1 fully saturated rings. The molecule has 0 unspecified atom stereocenters. The molecule has 1 aliphatic heterocycles. The topological polar surface area (TPSA) is 33.7 Å². The largest absolute Gasteiger partial charge is 0.355 e. The number of hydrogen-bond acceptors (Lipinski definition) is 4. The van der Waals surface area contributed by atoms with E-state index in [-0.39, 0.29) is 29.2 Å². The molecule has 0 spiro atoms. The molecule has 1 saturated heterocycles. The first-order valence-corrected chi connectivity index (χ1v) is 7.96. The van der Waals surface area contributed by atoms with Gasteiger partial charge in [-0.3, -0.25) is 4.90 Å². The number of benzene rings is 1. The van der Waals surface area contributed by atoms with Gasteiger partial charge in [-0.05, 0) is 30.7 Å². The van der Waals surface area contributed by atoms with Gasteiger partial charge in [0.15, 0.2) is 6.29 Å². The van der Waals surface area contributed by atoms with Crippen LogP contribution in [0, 0.1) is 5.82 Å². The highest BCUT2D eigenvalue weighted by Gasteiger charge is 2.34. The zero-order valence-electron chi connectivity index (χ0n) is 13.3. The van der Waals surface area contributed by atoms with E-state index in [2.05, 4.69) is 17.1 Å². The maximum Gasteiger partial charge on any atom is 0.169 e. The Morgan fingerprint density at radius 3 is 2.73 bits per heavy atom. The average Bonchev–Trinajstić information content (AvgIpc) is 2.94. The third kappa shape index (κ3) is 3.97. The maximum atomic E-state index is 13.8. The van der Waals surface area contributed by atoms with E-state index >= 15 is 0 Å². The molecular weight excluding hydrogens is 307 g/mol. The Bertz CT molecular complexity index is 485. The minimum atomic E-state index is -0.368. The zero-order valence-corrected chi connectivity index (χ0v) is 14.1. The summed E-state index contributed by atoms with van der Waals surface area (Å²) in [6.07, 6.45) is 0.724. The third-order valence-corrected chi connectivity index (χ3v) is 4.57. The summed E-state index contributed by atoms with van der Waals surface area (Å²) in [6.45, 7) is 4.62. The zero-order chi connectivity index (χ0) is 16.1. The van der Waals surface area contributed by atoms with Gasteiger partial charge in [-0.2, -0.15) is 0 Å². The van der Waals surface area contributed by atoms with Crippen molar-refractivity contribution >= 4 is 11.6 Å². The average molecular weight is 331 g/mol. The lowest BCUT2D eigenvalue weighted by Gasteiger charge is -2.29. The van der Waals surface area contributed by atoms with E-state index in [9.17, 15) is 4.39 Å². The van der Waals surface area contributed by atoms with Gasteiger partial charge < -0.3 is 14.8 Å². The van der Waals surface area contributed by atoms with Crippen LogP contribution in [0.5, 0.6) is 0 Å². The smallest absolute Gasteiger partial charge is 0.169 e. The van der Waals surface area contributed by atoms with Crippen LogP contribution >= 0.6 is 11.6 Å². The van der Waals surface area contributed by atoms with Gasteiger partial charge in [-0.25, -0.2) is 4.39 Å². The van der Waals surface area contributed by atoms with Crippen molar-refractivity contribution in [2.24, 2.45) is 0 Å². The van der Waals surface area contributed by atoms with Gasteiger partial charge in [-0.1, -0.05) is 24.6 Å². The lowest BCUT2D eigenvalue weighted by Crippen LogP contribution is -2.40. The molecule has 0 radical (unpaired) electrons. The van der Waals surface area contributed by atoms with Crippen LogP contribution in [0.2, 0.25) is 5.02 Å². The summed E-state index contributed by atoms with van der Waals surface area (Å²) in [7, 11) is 3.24. The minimum absolute atomic E-state index is 0.131. The Kier molecular flexibility index (Phi) is 6.59. The predicted octanol–water partition coefficient (Wildman–Crippen LogP) is 2.82. The number of nitrogens with one attached hydrogen (secondary N) is 1. The van der Waals surface area contributed by atoms with Gasteiger partial charge in [0.05, 0.1) is 11.1 Å². The normalized spacial score (nSPS) is 22.6. The lowest BCUT2D eigenvalue weighted by atomic mass is 10.00. The molecule has 0 saturated carbocycles. The van der Waals surface area contributed by atoms with E-state index in [1.807, 2.05) is 6.07 Å². The van der Waals surface area contributed by atoms with Crippen molar-refractivity contribution in [2.45, 2.75) is 31.7 Å². The van der Waals surface area contributed by atoms with Gasteiger partial charge in [0.2, 0.25) is 0 Å². The maximum absolute atomic E-state index is 13.8. The van der Waals surface area contributed by atoms with E-state index in [1.54, 1.807) is 26.4 Å². The fourth-order valence-corrected chi connectivity index (χ4v) is 3.19. The summed E-state index contributed by atoms with van der Waals surface area (Å²) in [5, 5.41) is 3.64. The fourth-order valence-electron chi connectivity index (χ4n) is 3.07. The number of rotatable bonds is 7. The first-order valence-electron chi connectivity index (χ1n) is 7.58. The molecule has 0 amide bonds. The number of hydrogen-bond donors (Lipinski definition) is 1. The summed E-state index contributed by atoms with van der Waals surface area (Å²) in [5.41, 5.74) is 0.949. The molecule has 1 aromatic carbocycles. The Balaban J connectivity index is 2.13. The summed E-state index contributed by atoms with van der Waals surface area (Å²) < 4.78 is 24.2. The standard InChI is InChI=1S/C16H24ClFN2O2/c1-4-20-8-7-14(19-10-15(21-2)22-3)16(20)11-5-6-12(17)13(18)9-11/h5-6,9,14-16,19H,4,7-8,10H2,1-3H3/t14-,16+/m0/s1. The lowest BCUT2D eigenvalue weighted by molar-refractivity contribution is -0.100. The molecule has 4 nitrogen and oxygen atoms in total. The number of halogens is 2. The molecule has 1 aromatic rings. The monoisotopic (exact) mass is 330 g/mol. The van der Waals surface area contributed by atoms with Crippen molar-refractivity contribution in [1.82, 2.24) is 10.2 Å². The molecule has 2 rings (SSSR count). The summed E-state index contributed by atoms with van der Waals surface area (Å²) in [5.74, 6) is -0.368. The van der Waals surface area contributed by atoms with Crippen molar-refractivity contribution in [3.05, 3.63) is 34.6 Å². The second-order valence-electron chi connectivity index (χ2n) is 5.45. The van der Waals surface area contributed by atoms with Crippen molar-refractivity contribution in [2.75, 3.05) is 33.9 Å². The highest BCUT2D eigenvalue weighted by molar-refractivity contribution is 6.30. The Morgan fingerprint density at radius 1 is 1.41 bits per heavy atom. The number of likely N-dealkylation sites (N-methyl/N-ethyl adjacent to an activating group) is 1. The molecule has 124 valence electrons. The molecule has 2 atom stereocenters.